The topological polar surface area (TPSA) is 76.1 Å². The minimum Gasteiger partial charge on any atom is -0.469 e. The van der Waals surface area contributed by atoms with Crippen molar-refractivity contribution in [3.63, 3.8) is 0 Å². The van der Waals surface area contributed by atoms with Crippen molar-refractivity contribution in [3.8, 4) is 6.07 Å². The first-order valence-electron chi connectivity index (χ1n) is 5.14. The highest BCUT2D eigenvalue weighted by Crippen LogP contribution is 2.27. The molecule has 0 saturated heterocycles. The Hall–Kier alpha value is -2.00. The van der Waals surface area contributed by atoms with Gasteiger partial charge in [-0.1, -0.05) is 6.07 Å². The Balaban J connectivity index is 3.28. The van der Waals surface area contributed by atoms with E-state index < -0.39 is 18.0 Å². The molecule has 1 rings (SSSR count). The Bertz CT molecular complexity index is 496. The van der Waals surface area contributed by atoms with Crippen LogP contribution < -0.4 is 5.73 Å². The lowest BCUT2D eigenvalue weighted by Gasteiger charge is -2.10. The molecule has 1 aromatic rings. The van der Waals surface area contributed by atoms with Crippen LogP contribution in [0.3, 0.4) is 0 Å². The van der Waals surface area contributed by atoms with Gasteiger partial charge in [0.1, 0.15) is 0 Å². The molecule has 0 aliphatic carbocycles. The third kappa shape index (κ3) is 3.02. The highest BCUT2D eigenvalue weighted by molar-refractivity contribution is 5.72. The van der Waals surface area contributed by atoms with Crippen molar-refractivity contribution in [2.75, 3.05) is 7.11 Å². The quantitative estimate of drug-likeness (QED) is 0.829. The van der Waals surface area contributed by atoms with Crippen LogP contribution >= 0.6 is 0 Å². The predicted molar refractivity (Wildman–Crippen MR) is 59.7 cm³/mol. The van der Waals surface area contributed by atoms with E-state index in [1.54, 1.807) is 6.07 Å². The molecule has 0 saturated carbocycles. The summed E-state index contributed by atoms with van der Waals surface area (Å²) < 4.78 is 30.1. The summed E-state index contributed by atoms with van der Waals surface area (Å²) in [5.41, 5.74) is 5.55. The summed E-state index contributed by atoms with van der Waals surface area (Å²) in [4.78, 5) is 11.1. The van der Waals surface area contributed by atoms with Gasteiger partial charge in [-0.05, 0) is 17.2 Å². The average Bonchev–Trinajstić information content (AvgIpc) is 2.37. The third-order valence-electron chi connectivity index (χ3n) is 2.45. The van der Waals surface area contributed by atoms with E-state index in [1.165, 1.54) is 13.2 Å². The minimum atomic E-state index is -2.79. The maximum atomic E-state index is 12.8. The maximum Gasteiger partial charge on any atom is 0.309 e. The molecular formula is C12H12F2N2O2. The van der Waals surface area contributed by atoms with Crippen molar-refractivity contribution in [1.82, 2.24) is 0 Å². The van der Waals surface area contributed by atoms with Crippen molar-refractivity contribution in [2.24, 2.45) is 5.73 Å². The average molecular weight is 254 g/mol. The second-order valence-electron chi connectivity index (χ2n) is 3.59. The first kappa shape index (κ1) is 14.1. The van der Waals surface area contributed by atoms with Crippen LogP contribution in [0.5, 0.6) is 0 Å². The predicted octanol–water partition coefficient (Wildman–Crippen LogP) is 1.67. The second-order valence-corrected chi connectivity index (χ2v) is 3.59. The molecule has 0 aliphatic heterocycles. The summed E-state index contributed by atoms with van der Waals surface area (Å²) in [6, 6.07) is 4.33. The standard InChI is InChI=1S/C12H12F2N2O2/c1-18-11(17)4-7-2-8(5-15)10(6-16)9(3-7)12(13)14/h2-3,12H,4-5,15H2,1H3. The fourth-order valence-corrected chi connectivity index (χ4v) is 1.61. The monoisotopic (exact) mass is 254 g/mol. The molecule has 0 aliphatic rings. The Labute approximate surface area is 103 Å². The Morgan fingerprint density at radius 1 is 1.56 bits per heavy atom. The van der Waals surface area contributed by atoms with Crippen LogP contribution in [0.15, 0.2) is 12.1 Å². The first-order chi connectivity index (χ1) is 8.53. The number of nitrogens with zero attached hydrogens (tertiary/aromatic N) is 1. The largest absolute Gasteiger partial charge is 0.469 e. The minimum absolute atomic E-state index is 0.0440. The summed E-state index contributed by atoms with van der Waals surface area (Å²) in [6.45, 7) is -0.0440. The van der Waals surface area contributed by atoms with Gasteiger partial charge in [0.05, 0.1) is 25.2 Å². The van der Waals surface area contributed by atoms with Gasteiger partial charge in [-0.25, -0.2) is 8.78 Å². The first-order valence-corrected chi connectivity index (χ1v) is 5.14. The molecule has 0 atom stereocenters. The van der Waals surface area contributed by atoms with E-state index in [9.17, 15) is 13.6 Å². The molecule has 2 N–H and O–H groups in total. The SMILES string of the molecule is COC(=O)Cc1cc(CN)c(C#N)c(C(F)F)c1. The number of methoxy groups -OCH3 is 1. The molecule has 0 bridgehead atoms. The van der Waals surface area contributed by atoms with Crippen LogP contribution in [0.25, 0.3) is 0 Å². The molecule has 0 fully saturated rings. The number of hydrogen-bond donors (Lipinski definition) is 1. The van der Waals surface area contributed by atoms with E-state index >= 15 is 0 Å². The highest BCUT2D eigenvalue weighted by Gasteiger charge is 2.18. The number of hydrogen-bond acceptors (Lipinski definition) is 4. The number of carbonyl (C=O) groups excluding carboxylic acids is 1. The summed E-state index contributed by atoms with van der Waals surface area (Å²) in [7, 11) is 1.21. The summed E-state index contributed by atoms with van der Waals surface area (Å²) in [5, 5.41) is 8.87. The van der Waals surface area contributed by atoms with E-state index in [0.29, 0.717) is 11.1 Å². The van der Waals surface area contributed by atoms with E-state index in [2.05, 4.69) is 4.74 Å². The van der Waals surface area contributed by atoms with Gasteiger partial charge in [0.15, 0.2) is 0 Å². The van der Waals surface area contributed by atoms with E-state index in [-0.39, 0.29) is 18.5 Å². The van der Waals surface area contributed by atoms with Crippen molar-refractivity contribution in [2.45, 2.75) is 19.4 Å². The van der Waals surface area contributed by atoms with Crippen molar-refractivity contribution < 1.29 is 18.3 Å². The maximum absolute atomic E-state index is 12.8. The van der Waals surface area contributed by atoms with Crippen LogP contribution in [0.1, 0.15) is 28.7 Å². The molecule has 0 amide bonds. The number of nitrogens with two attached hydrogens (primary N) is 1. The number of rotatable bonds is 4. The molecule has 0 heterocycles. The number of benzene rings is 1. The highest BCUT2D eigenvalue weighted by atomic mass is 19.3. The fraction of sp³-hybridized carbons (Fsp3) is 0.333. The molecule has 0 aromatic heterocycles. The number of halogens is 2. The Morgan fingerprint density at radius 2 is 2.22 bits per heavy atom. The summed E-state index contributed by atoms with van der Waals surface area (Å²) >= 11 is 0. The van der Waals surface area contributed by atoms with Gasteiger partial charge in [-0.15, -0.1) is 0 Å². The van der Waals surface area contributed by atoms with Gasteiger partial charge < -0.3 is 10.5 Å². The molecule has 4 nitrogen and oxygen atoms in total. The molecular weight excluding hydrogens is 242 g/mol. The molecule has 1 aromatic carbocycles. The zero-order valence-corrected chi connectivity index (χ0v) is 9.74. The molecule has 96 valence electrons. The van der Waals surface area contributed by atoms with E-state index in [1.807, 2.05) is 0 Å². The van der Waals surface area contributed by atoms with Crippen LogP contribution in [0, 0.1) is 11.3 Å². The number of alkyl halides is 2. The van der Waals surface area contributed by atoms with Gasteiger partial charge in [0.25, 0.3) is 6.43 Å². The van der Waals surface area contributed by atoms with Crippen LogP contribution in [-0.4, -0.2) is 13.1 Å². The Morgan fingerprint density at radius 3 is 2.67 bits per heavy atom. The molecule has 0 spiro atoms. The molecule has 6 heteroatoms. The summed E-state index contributed by atoms with van der Waals surface area (Å²) in [5.74, 6) is -0.539. The zero-order valence-electron chi connectivity index (χ0n) is 9.74. The van der Waals surface area contributed by atoms with E-state index in [4.69, 9.17) is 11.0 Å². The number of nitriles is 1. The number of esters is 1. The molecule has 0 radical (unpaired) electrons. The zero-order chi connectivity index (χ0) is 13.7. The fourth-order valence-electron chi connectivity index (χ4n) is 1.61. The lowest BCUT2D eigenvalue weighted by atomic mass is 9.97. The summed E-state index contributed by atoms with van der Waals surface area (Å²) in [6.07, 6.45) is -2.92. The molecule has 0 unspecified atom stereocenters. The lowest BCUT2D eigenvalue weighted by molar-refractivity contribution is -0.139. The van der Waals surface area contributed by atoms with Gasteiger partial charge in [0, 0.05) is 12.1 Å². The van der Waals surface area contributed by atoms with Gasteiger partial charge in [0.2, 0.25) is 0 Å². The van der Waals surface area contributed by atoms with Crippen molar-refractivity contribution in [3.05, 3.63) is 34.4 Å². The van der Waals surface area contributed by atoms with E-state index in [0.717, 1.165) is 6.07 Å². The molecule has 18 heavy (non-hydrogen) atoms. The van der Waals surface area contributed by atoms with Crippen LogP contribution in [-0.2, 0) is 22.5 Å². The number of carbonyl (C=O) groups is 1. The number of ether oxygens (including phenoxy) is 1. The smallest absolute Gasteiger partial charge is 0.309 e. The van der Waals surface area contributed by atoms with Crippen molar-refractivity contribution in [1.29, 1.82) is 5.26 Å². The van der Waals surface area contributed by atoms with Gasteiger partial charge in [-0.2, -0.15) is 5.26 Å². The second kappa shape index (κ2) is 6.07. The lowest BCUT2D eigenvalue weighted by Crippen LogP contribution is -2.09. The van der Waals surface area contributed by atoms with Crippen molar-refractivity contribution >= 4 is 5.97 Å². The van der Waals surface area contributed by atoms with Gasteiger partial charge in [-0.3, -0.25) is 4.79 Å². The van der Waals surface area contributed by atoms with Crippen LogP contribution in [0.4, 0.5) is 8.78 Å². The van der Waals surface area contributed by atoms with Crippen LogP contribution in [0.2, 0.25) is 0 Å². The van der Waals surface area contributed by atoms with Gasteiger partial charge >= 0.3 is 5.97 Å². The normalized spacial score (nSPS) is 10.2. The Kier molecular flexibility index (Phi) is 4.75. The third-order valence-corrected chi connectivity index (χ3v) is 2.45.